The fourth-order valence-corrected chi connectivity index (χ4v) is 6.89. The lowest BCUT2D eigenvalue weighted by molar-refractivity contribution is 0.669. The van der Waals surface area contributed by atoms with E-state index in [-0.39, 0.29) is 0 Å². The highest BCUT2D eigenvalue weighted by Crippen LogP contribution is 2.36. The van der Waals surface area contributed by atoms with Crippen LogP contribution in [0.1, 0.15) is 30.5 Å². The van der Waals surface area contributed by atoms with Crippen LogP contribution < -0.4 is 0 Å². The molecule has 0 saturated carbocycles. The normalized spacial score (nSPS) is 11.0. The summed E-state index contributed by atoms with van der Waals surface area (Å²) in [5, 5.41) is 10.4. The monoisotopic (exact) mass is 620 g/mol. The van der Waals surface area contributed by atoms with Crippen LogP contribution in [0.5, 0.6) is 0 Å². The van der Waals surface area contributed by atoms with Gasteiger partial charge in [-0.05, 0) is 111 Å². The fraction of sp³-hybridized carbons (Fsp3) is 0.106. The first-order valence-electron chi connectivity index (χ1n) is 16.9. The van der Waals surface area contributed by atoms with Crippen LogP contribution in [0.4, 0.5) is 0 Å². The molecule has 0 radical (unpaired) electrons. The number of fused-ring (bicyclic) bond motifs is 9. The Morgan fingerprint density at radius 3 is 1.52 bits per heavy atom. The van der Waals surface area contributed by atoms with Crippen molar-refractivity contribution >= 4 is 54.3 Å². The van der Waals surface area contributed by atoms with Gasteiger partial charge in [-0.15, -0.1) is 0 Å². The Morgan fingerprint density at radius 1 is 0.333 bits per heavy atom. The van der Waals surface area contributed by atoms with Crippen LogP contribution in [0.25, 0.3) is 76.5 Å². The number of rotatable bonds is 2. The zero-order valence-electron chi connectivity index (χ0n) is 28.3. The molecule has 234 valence electrons. The van der Waals surface area contributed by atoms with E-state index in [0.29, 0.717) is 0 Å². The molecule has 0 aliphatic carbocycles. The van der Waals surface area contributed by atoms with Crippen molar-refractivity contribution in [2.24, 2.45) is 0 Å². The summed E-state index contributed by atoms with van der Waals surface area (Å²) in [6, 6.07) is 54.1. The summed E-state index contributed by atoms with van der Waals surface area (Å²) in [5.74, 6) is 0. The lowest BCUT2D eigenvalue weighted by Crippen LogP contribution is -1.88. The standard InChI is InChI=1S/C26H20O.C19H14.C2H6/c1-17-7-3-4-8-21(17)23-15-19(12-11-18(23)2)20-13-14-26-24(16-20)22-9-5-6-10-25(22)27-26;1-13-10-11-18-16-8-3-2-6-14(16)15-7-4-5-9-17(15)19(18)12-13;1-2/h3-16H,1-2H3;2-12H,1H3;1-2H3. The van der Waals surface area contributed by atoms with Gasteiger partial charge >= 0.3 is 0 Å². The zero-order valence-corrected chi connectivity index (χ0v) is 28.3. The Hall–Kier alpha value is -5.66. The Balaban J connectivity index is 0.000000152. The third kappa shape index (κ3) is 5.63. The van der Waals surface area contributed by atoms with Crippen LogP contribution in [0.3, 0.4) is 0 Å². The maximum absolute atomic E-state index is 5.97. The molecule has 9 rings (SSSR count). The molecule has 8 aromatic carbocycles. The first-order valence-corrected chi connectivity index (χ1v) is 16.9. The second-order valence-electron chi connectivity index (χ2n) is 12.3. The van der Waals surface area contributed by atoms with Gasteiger partial charge in [0.15, 0.2) is 0 Å². The molecule has 1 nitrogen and oxygen atoms in total. The molecular formula is C47H40O. The minimum atomic E-state index is 0.936. The molecule has 1 heteroatoms. The fourth-order valence-electron chi connectivity index (χ4n) is 6.89. The van der Waals surface area contributed by atoms with E-state index in [2.05, 4.69) is 160 Å². The van der Waals surface area contributed by atoms with E-state index in [1.165, 1.54) is 82.0 Å². The third-order valence-electron chi connectivity index (χ3n) is 9.28. The van der Waals surface area contributed by atoms with Gasteiger partial charge in [0, 0.05) is 10.8 Å². The molecule has 0 fully saturated rings. The second kappa shape index (κ2) is 13.2. The molecule has 0 bridgehead atoms. The maximum Gasteiger partial charge on any atom is 0.135 e. The SMILES string of the molecule is CC.Cc1ccc2c3ccccc3c3ccccc3c2c1.Cc1ccccc1-c1cc(-c2ccc3oc4ccccc4c3c2)ccc1C. The number of hydrogen-bond donors (Lipinski definition) is 0. The Bertz CT molecular complexity index is 2530. The average molecular weight is 621 g/mol. The molecule has 0 unspecified atom stereocenters. The van der Waals surface area contributed by atoms with Crippen molar-refractivity contribution in [3.63, 3.8) is 0 Å². The van der Waals surface area contributed by atoms with Crippen LogP contribution in [-0.4, -0.2) is 0 Å². The molecule has 0 aliphatic heterocycles. The third-order valence-corrected chi connectivity index (χ3v) is 9.28. The molecule has 48 heavy (non-hydrogen) atoms. The van der Waals surface area contributed by atoms with Crippen molar-refractivity contribution in [1.82, 2.24) is 0 Å². The molecule has 0 spiro atoms. The van der Waals surface area contributed by atoms with Crippen molar-refractivity contribution < 1.29 is 4.42 Å². The van der Waals surface area contributed by atoms with E-state index >= 15 is 0 Å². The van der Waals surface area contributed by atoms with Gasteiger partial charge in [0.05, 0.1) is 0 Å². The molecule has 1 aromatic heterocycles. The molecule has 9 aromatic rings. The van der Waals surface area contributed by atoms with Gasteiger partial charge in [0.25, 0.3) is 0 Å². The molecule has 0 amide bonds. The highest BCUT2D eigenvalue weighted by molar-refractivity contribution is 6.25. The van der Waals surface area contributed by atoms with Crippen LogP contribution in [0, 0.1) is 20.8 Å². The Morgan fingerprint density at radius 2 is 0.833 bits per heavy atom. The average Bonchev–Trinajstić information content (AvgIpc) is 3.51. The van der Waals surface area contributed by atoms with E-state index in [9.17, 15) is 0 Å². The summed E-state index contributed by atoms with van der Waals surface area (Å²) in [4.78, 5) is 0. The number of furan rings is 1. The van der Waals surface area contributed by atoms with Crippen molar-refractivity contribution in [3.8, 4) is 22.3 Å². The largest absolute Gasteiger partial charge is 0.456 e. The Kier molecular flexibility index (Phi) is 8.53. The summed E-state index contributed by atoms with van der Waals surface area (Å²) in [6.07, 6.45) is 0. The van der Waals surface area contributed by atoms with Crippen LogP contribution >= 0.6 is 0 Å². The summed E-state index contributed by atoms with van der Waals surface area (Å²) >= 11 is 0. The minimum Gasteiger partial charge on any atom is -0.456 e. The summed E-state index contributed by atoms with van der Waals surface area (Å²) in [5.41, 5.74) is 10.8. The van der Waals surface area contributed by atoms with E-state index < -0.39 is 0 Å². The summed E-state index contributed by atoms with van der Waals surface area (Å²) in [6.45, 7) is 10.5. The van der Waals surface area contributed by atoms with E-state index in [1.54, 1.807) is 0 Å². The summed E-state index contributed by atoms with van der Waals surface area (Å²) < 4.78 is 5.97. The van der Waals surface area contributed by atoms with Gasteiger partial charge in [0.1, 0.15) is 11.2 Å². The van der Waals surface area contributed by atoms with Crippen molar-refractivity contribution in [1.29, 1.82) is 0 Å². The summed E-state index contributed by atoms with van der Waals surface area (Å²) in [7, 11) is 0. The highest BCUT2D eigenvalue weighted by Gasteiger charge is 2.11. The van der Waals surface area contributed by atoms with E-state index in [0.717, 1.165) is 11.2 Å². The topological polar surface area (TPSA) is 13.1 Å². The first kappa shape index (κ1) is 31.0. The predicted octanol–water partition coefficient (Wildman–Crippen LogP) is 14.0. The smallest absolute Gasteiger partial charge is 0.135 e. The number of aryl methyl sites for hydroxylation is 3. The van der Waals surface area contributed by atoms with Gasteiger partial charge in [-0.2, -0.15) is 0 Å². The quantitative estimate of drug-likeness (QED) is 0.175. The molecule has 1 heterocycles. The van der Waals surface area contributed by atoms with Crippen molar-refractivity contribution in [2.75, 3.05) is 0 Å². The van der Waals surface area contributed by atoms with Gasteiger partial charge in [-0.3, -0.25) is 0 Å². The molecule has 0 aliphatic rings. The Labute approximate surface area is 283 Å². The van der Waals surface area contributed by atoms with Crippen LogP contribution in [0.2, 0.25) is 0 Å². The highest BCUT2D eigenvalue weighted by atomic mass is 16.3. The van der Waals surface area contributed by atoms with Crippen molar-refractivity contribution in [2.45, 2.75) is 34.6 Å². The second-order valence-corrected chi connectivity index (χ2v) is 12.3. The molecular weight excluding hydrogens is 581 g/mol. The van der Waals surface area contributed by atoms with E-state index in [4.69, 9.17) is 4.42 Å². The molecule has 0 N–H and O–H groups in total. The van der Waals surface area contributed by atoms with Crippen LogP contribution in [0.15, 0.2) is 156 Å². The predicted molar refractivity (Wildman–Crippen MR) is 209 cm³/mol. The lowest BCUT2D eigenvalue weighted by atomic mass is 9.92. The van der Waals surface area contributed by atoms with Gasteiger partial charge in [-0.25, -0.2) is 0 Å². The number of para-hydroxylation sites is 1. The van der Waals surface area contributed by atoms with E-state index in [1.807, 2.05) is 26.0 Å². The lowest BCUT2D eigenvalue weighted by Gasteiger charge is -2.12. The zero-order chi connectivity index (χ0) is 33.2. The molecule has 0 atom stereocenters. The van der Waals surface area contributed by atoms with Gasteiger partial charge in [-0.1, -0.05) is 147 Å². The van der Waals surface area contributed by atoms with Crippen molar-refractivity contribution in [3.05, 3.63) is 168 Å². The van der Waals surface area contributed by atoms with Crippen LogP contribution in [-0.2, 0) is 0 Å². The number of hydrogen-bond acceptors (Lipinski definition) is 1. The first-order chi connectivity index (χ1) is 23.5. The molecule has 0 saturated heterocycles. The minimum absolute atomic E-state index is 0.936. The van der Waals surface area contributed by atoms with Gasteiger partial charge < -0.3 is 4.42 Å². The number of benzene rings is 8. The maximum atomic E-state index is 5.97. The van der Waals surface area contributed by atoms with Gasteiger partial charge in [0.2, 0.25) is 0 Å².